The lowest BCUT2D eigenvalue weighted by Gasteiger charge is -2.07. The first kappa shape index (κ1) is 12.9. The Morgan fingerprint density at radius 3 is 2.65 bits per heavy atom. The van der Waals surface area contributed by atoms with Crippen LogP contribution in [0.4, 0.5) is 0 Å². The lowest BCUT2D eigenvalue weighted by Crippen LogP contribution is -2.02. The van der Waals surface area contributed by atoms with Crippen LogP contribution in [0.1, 0.15) is 12.7 Å². The number of halogens is 3. The van der Waals surface area contributed by atoms with Crippen LogP contribution in [0.3, 0.4) is 0 Å². The van der Waals surface area contributed by atoms with Crippen molar-refractivity contribution in [2.45, 2.75) is 18.8 Å². The van der Waals surface area contributed by atoms with Crippen LogP contribution in [0.15, 0.2) is 18.2 Å². The van der Waals surface area contributed by atoms with E-state index in [2.05, 4.69) is 26.1 Å². The van der Waals surface area contributed by atoms with E-state index >= 15 is 0 Å². The minimum atomic E-state index is 0.584. The molecule has 0 aliphatic carbocycles. The molecule has 6 heteroatoms. The second kappa shape index (κ2) is 5.38. The predicted molar refractivity (Wildman–Crippen MR) is 73.8 cm³/mol. The fourth-order valence-electron chi connectivity index (χ4n) is 1.64. The Labute approximate surface area is 118 Å². The van der Waals surface area contributed by atoms with E-state index < -0.39 is 0 Å². The molecule has 90 valence electrons. The van der Waals surface area contributed by atoms with Crippen LogP contribution in [0, 0.1) is 0 Å². The maximum Gasteiger partial charge on any atom is 0.165 e. The largest absolute Gasteiger partial charge is 0.311 e. The third-order valence-corrected chi connectivity index (χ3v) is 3.48. The van der Waals surface area contributed by atoms with Crippen molar-refractivity contribution in [3.8, 4) is 11.4 Å². The predicted octanol–water partition coefficient (Wildman–Crippen LogP) is 4.17. The Morgan fingerprint density at radius 1 is 1.29 bits per heavy atom. The summed E-state index contributed by atoms with van der Waals surface area (Å²) < 4.78 is 2.02. The standard InChI is InChI=1S/C11H10BrCl2N3/c1-2-17-10(6-12)15-16-11(17)8-4-3-7(13)5-9(8)14/h3-5H,2,6H2,1H3. The maximum atomic E-state index is 6.17. The number of alkyl halides is 1. The van der Waals surface area contributed by atoms with Gasteiger partial charge in [-0.05, 0) is 25.1 Å². The highest BCUT2D eigenvalue weighted by Gasteiger charge is 2.14. The van der Waals surface area contributed by atoms with E-state index in [-0.39, 0.29) is 0 Å². The van der Waals surface area contributed by atoms with Crippen LogP contribution >= 0.6 is 39.1 Å². The zero-order chi connectivity index (χ0) is 12.4. The zero-order valence-electron chi connectivity index (χ0n) is 9.12. The van der Waals surface area contributed by atoms with Gasteiger partial charge in [-0.15, -0.1) is 10.2 Å². The molecule has 0 fully saturated rings. The van der Waals surface area contributed by atoms with Crippen molar-refractivity contribution >= 4 is 39.1 Å². The highest BCUT2D eigenvalue weighted by Crippen LogP contribution is 2.29. The molecule has 0 radical (unpaired) electrons. The molecule has 0 saturated heterocycles. The van der Waals surface area contributed by atoms with Gasteiger partial charge in [-0.25, -0.2) is 0 Å². The molecule has 0 unspecified atom stereocenters. The molecule has 1 heterocycles. The highest BCUT2D eigenvalue weighted by atomic mass is 79.9. The van der Waals surface area contributed by atoms with Gasteiger partial charge in [-0.3, -0.25) is 0 Å². The minimum Gasteiger partial charge on any atom is -0.311 e. The second-order valence-corrected chi connectivity index (χ2v) is 4.85. The molecule has 0 N–H and O–H groups in total. The van der Waals surface area contributed by atoms with Crippen molar-refractivity contribution in [3.63, 3.8) is 0 Å². The number of rotatable bonds is 3. The Hall–Kier alpha value is -0.580. The van der Waals surface area contributed by atoms with E-state index in [1.54, 1.807) is 12.1 Å². The lowest BCUT2D eigenvalue weighted by atomic mass is 10.2. The van der Waals surface area contributed by atoms with Crippen molar-refractivity contribution in [1.29, 1.82) is 0 Å². The summed E-state index contributed by atoms with van der Waals surface area (Å²) in [6.45, 7) is 2.84. The van der Waals surface area contributed by atoms with Gasteiger partial charge in [-0.1, -0.05) is 39.1 Å². The Morgan fingerprint density at radius 2 is 2.06 bits per heavy atom. The number of benzene rings is 1. The summed E-state index contributed by atoms with van der Waals surface area (Å²) in [5, 5.41) is 10.2. The summed E-state index contributed by atoms with van der Waals surface area (Å²) >= 11 is 15.4. The van der Waals surface area contributed by atoms with Gasteiger partial charge in [0.2, 0.25) is 0 Å². The molecule has 2 aromatic rings. The number of aromatic nitrogens is 3. The molecular formula is C11H10BrCl2N3. The first-order chi connectivity index (χ1) is 8.17. The van der Waals surface area contributed by atoms with Gasteiger partial charge in [0.1, 0.15) is 5.82 Å². The van der Waals surface area contributed by atoms with Crippen molar-refractivity contribution < 1.29 is 0 Å². The molecule has 1 aromatic carbocycles. The summed E-state index contributed by atoms with van der Waals surface area (Å²) in [6, 6.07) is 5.37. The fraction of sp³-hybridized carbons (Fsp3) is 0.273. The van der Waals surface area contributed by atoms with Crippen molar-refractivity contribution in [2.75, 3.05) is 0 Å². The summed E-state index contributed by atoms with van der Waals surface area (Å²) in [5.74, 6) is 1.65. The van der Waals surface area contributed by atoms with E-state index in [1.807, 2.05) is 17.6 Å². The van der Waals surface area contributed by atoms with E-state index in [1.165, 1.54) is 0 Å². The molecular weight excluding hydrogens is 325 g/mol. The molecule has 0 amide bonds. The van der Waals surface area contributed by atoms with Crippen molar-refractivity contribution in [1.82, 2.24) is 14.8 Å². The van der Waals surface area contributed by atoms with Gasteiger partial charge in [-0.2, -0.15) is 0 Å². The quantitative estimate of drug-likeness (QED) is 0.789. The molecule has 17 heavy (non-hydrogen) atoms. The smallest absolute Gasteiger partial charge is 0.165 e. The van der Waals surface area contributed by atoms with E-state index in [0.717, 1.165) is 23.8 Å². The number of nitrogens with zero attached hydrogens (tertiary/aromatic N) is 3. The first-order valence-corrected chi connectivity index (χ1v) is 6.98. The highest BCUT2D eigenvalue weighted by molar-refractivity contribution is 9.08. The molecule has 2 rings (SSSR count). The molecule has 0 bridgehead atoms. The molecule has 0 atom stereocenters. The van der Waals surface area contributed by atoms with Crippen LogP contribution in [0.2, 0.25) is 10.0 Å². The van der Waals surface area contributed by atoms with Crippen LogP contribution in [0.5, 0.6) is 0 Å². The van der Waals surface area contributed by atoms with Crippen LogP contribution in [-0.2, 0) is 11.9 Å². The normalized spacial score (nSPS) is 10.8. The third-order valence-electron chi connectivity index (χ3n) is 2.44. The minimum absolute atomic E-state index is 0.584. The third kappa shape index (κ3) is 2.49. The van der Waals surface area contributed by atoms with Crippen molar-refractivity contribution in [2.24, 2.45) is 0 Å². The van der Waals surface area contributed by atoms with Gasteiger partial charge in [0.15, 0.2) is 5.82 Å². The molecule has 0 aliphatic rings. The van der Waals surface area contributed by atoms with Crippen molar-refractivity contribution in [3.05, 3.63) is 34.1 Å². The fourth-order valence-corrected chi connectivity index (χ4v) is 2.54. The van der Waals surface area contributed by atoms with Gasteiger partial charge in [0.05, 0.1) is 10.4 Å². The van der Waals surface area contributed by atoms with Gasteiger partial charge in [0.25, 0.3) is 0 Å². The maximum absolute atomic E-state index is 6.17. The second-order valence-electron chi connectivity index (χ2n) is 3.44. The van der Waals surface area contributed by atoms with Gasteiger partial charge >= 0.3 is 0 Å². The van der Waals surface area contributed by atoms with E-state index in [9.17, 15) is 0 Å². The zero-order valence-corrected chi connectivity index (χ0v) is 12.2. The van der Waals surface area contributed by atoms with E-state index in [4.69, 9.17) is 23.2 Å². The van der Waals surface area contributed by atoms with Crippen LogP contribution < -0.4 is 0 Å². The number of hydrogen-bond donors (Lipinski definition) is 0. The Kier molecular flexibility index (Phi) is 4.07. The summed E-state index contributed by atoms with van der Waals surface area (Å²) in [7, 11) is 0. The summed E-state index contributed by atoms with van der Waals surface area (Å²) in [6.07, 6.45) is 0. The molecule has 0 spiro atoms. The van der Waals surface area contributed by atoms with Gasteiger partial charge in [0, 0.05) is 17.1 Å². The van der Waals surface area contributed by atoms with E-state index in [0.29, 0.717) is 15.4 Å². The summed E-state index contributed by atoms with van der Waals surface area (Å²) in [5.41, 5.74) is 0.845. The number of hydrogen-bond acceptors (Lipinski definition) is 2. The first-order valence-electron chi connectivity index (χ1n) is 5.10. The lowest BCUT2D eigenvalue weighted by molar-refractivity contribution is 0.733. The molecule has 0 aliphatic heterocycles. The van der Waals surface area contributed by atoms with Crippen LogP contribution in [-0.4, -0.2) is 14.8 Å². The SMILES string of the molecule is CCn1c(CBr)nnc1-c1ccc(Cl)cc1Cl. The molecule has 0 saturated carbocycles. The van der Waals surface area contributed by atoms with Gasteiger partial charge < -0.3 is 4.57 Å². The van der Waals surface area contributed by atoms with Crippen LogP contribution in [0.25, 0.3) is 11.4 Å². The topological polar surface area (TPSA) is 30.7 Å². The molecule has 1 aromatic heterocycles. The summed E-state index contributed by atoms with van der Waals surface area (Å²) in [4.78, 5) is 0. The Bertz CT molecular complexity index is 540. The average Bonchev–Trinajstić information content (AvgIpc) is 2.71. The monoisotopic (exact) mass is 333 g/mol. The Balaban J connectivity index is 2.56. The average molecular weight is 335 g/mol. The molecule has 3 nitrogen and oxygen atoms in total.